The fraction of sp³-hybridized carbons (Fsp3) is 0.235. The first-order chi connectivity index (χ1) is 13.8. The highest BCUT2D eigenvalue weighted by Crippen LogP contribution is 2.45. The molecule has 0 heterocycles. The molecular weight excluding hydrogens is 654 g/mol. The lowest BCUT2D eigenvalue weighted by Crippen LogP contribution is -2.58. The summed E-state index contributed by atoms with van der Waals surface area (Å²) in [6.07, 6.45) is -5.87. The van der Waals surface area contributed by atoms with Crippen molar-refractivity contribution < 1.29 is 39.9 Å². The molecule has 3 nitrogen and oxygen atoms in total. The van der Waals surface area contributed by atoms with Crippen LogP contribution in [0.5, 0.6) is 5.75 Å². The lowest BCUT2D eigenvalue weighted by Gasteiger charge is -2.27. The van der Waals surface area contributed by atoms with Crippen LogP contribution in [0.2, 0.25) is 0 Å². The van der Waals surface area contributed by atoms with Gasteiger partial charge in [-0.2, -0.15) is 35.8 Å². The van der Waals surface area contributed by atoms with Gasteiger partial charge in [-0.1, -0.05) is 18.2 Å². The van der Waals surface area contributed by atoms with E-state index in [0.29, 0.717) is 18.8 Å². The van der Waals surface area contributed by atoms with Gasteiger partial charge in [0, 0.05) is 14.7 Å². The van der Waals surface area contributed by atoms with E-state index in [-0.39, 0.29) is 23.5 Å². The molecule has 164 valence electrons. The summed E-state index contributed by atoms with van der Waals surface area (Å²) in [7, 11) is 0. The first-order valence-electron chi connectivity index (χ1n) is 7.74. The number of hydrogen-bond acceptors (Lipinski definition) is 3. The average Bonchev–Trinajstić information content (AvgIpc) is 2.61. The number of rotatable bonds is 7. The van der Waals surface area contributed by atoms with E-state index in [1.54, 1.807) is 12.1 Å². The SMILES string of the molecule is Fc1ccccc1COc1c(I)cc(I)cc1/C=N\NC(F)(F)C(F)(F)C(F)(F)F. The second kappa shape index (κ2) is 9.40. The molecule has 0 bridgehead atoms. The van der Waals surface area contributed by atoms with Gasteiger partial charge >= 0.3 is 18.1 Å². The molecule has 13 heteroatoms. The zero-order chi connectivity index (χ0) is 22.7. The van der Waals surface area contributed by atoms with Crippen molar-refractivity contribution in [2.75, 3.05) is 0 Å². The van der Waals surface area contributed by atoms with E-state index in [2.05, 4.69) is 5.10 Å². The third-order valence-electron chi connectivity index (χ3n) is 3.53. The summed E-state index contributed by atoms with van der Waals surface area (Å²) in [5, 5.41) is 2.84. The summed E-state index contributed by atoms with van der Waals surface area (Å²) in [4.78, 5) is 0. The first-order valence-corrected chi connectivity index (χ1v) is 9.90. The smallest absolute Gasteiger partial charge is 0.462 e. The minimum atomic E-state index is -6.48. The molecule has 0 saturated carbocycles. The topological polar surface area (TPSA) is 33.6 Å². The molecule has 0 fully saturated rings. The van der Waals surface area contributed by atoms with Gasteiger partial charge in [-0.3, -0.25) is 0 Å². The predicted molar refractivity (Wildman–Crippen MR) is 109 cm³/mol. The normalized spacial score (nSPS) is 13.0. The zero-order valence-electron chi connectivity index (χ0n) is 14.4. The summed E-state index contributed by atoms with van der Waals surface area (Å²) >= 11 is 3.70. The maximum absolute atomic E-state index is 13.7. The number of nitrogens with one attached hydrogen (secondary N) is 1. The molecule has 2 aromatic rings. The average molecular weight is 664 g/mol. The molecule has 30 heavy (non-hydrogen) atoms. The van der Waals surface area contributed by atoms with Crippen LogP contribution >= 0.6 is 45.2 Å². The van der Waals surface area contributed by atoms with Crippen LogP contribution in [-0.2, 0) is 6.61 Å². The molecule has 1 N–H and O–H groups in total. The molecule has 0 amide bonds. The molecule has 0 atom stereocenters. The summed E-state index contributed by atoms with van der Waals surface area (Å²) in [6.45, 7) is -0.250. The third kappa shape index (κ3) is 5.64. The Labute approximate surface area is 192 Å². The van der Waals surface area contributed by atoms with Crippen LogP contribution in [0.15, 0.2) is 41.5 Å². The van der Waals surface area contributed by atoms with E-state index in [1.807, 2.05) is 45.2 Å². The van der Waals surface area contributed by atoms with E-state index < -0.39 is 24.0 Å². The molecular formula is C17H10F8I2N2O. The Bertz CT molecular complexity index is 934. The predicted octanol–water partition coefficient (Wildman–Crippen LogP) is 6.33. The molecule has 0 aliphatic carbocycles. The van der Waals surface area contributed by atoms with E-state index >= 15 is 0 Å². The van der Waals surface area contributed by atoms with Crippen molar-refractivity contribution in [3.05, 3.63) is 60.5 Å². The Hall–Kier alpha value is -1.39. The fourth-order valence-electron chi connectivity index (χ4n) is 2.02. The molecule has 0 spiro atoms. The van der Waals surface area contributed by atoms with Gasteiger partial charge in [0.25, 0.3) is 0 Å². The Morgan fingerprint density at radius 1 is 1.00 bits per heavy atom. The maximum atomic E-state index is 13.7. The van der Waals surface area contributed by atoms with Gasteiger partial charge in [0.1, 0.15) is 18.2 Å². The fourth-order valence-corrected chi connectivity index (χ4v) is 4.07. The number of alkyl halides is 7. The van der Waals surface area contributed by atoms with Gasteiger partial charge in [0.15, 0.2) is 0 Å². The quantitative estimate of drug-likeness (QED) is 0.124. The number of nitrogens with zero attached hydrogens (tertiary/aromatic N) is 1. The molecule has 2 aromatic carbocycles. The van der Waals surface area contributed by atoms with Crippen molar-refractivity contribution >= 4 is 51.4 Å². The summed E-state index contributed by atoms with van der Waals surface area (Å²) in [5.41, 5.74) is 0.735. The molecule has 0 aliphatic heterocycles. The summed E-state index contributed by atoms with van der Waals surface area (Å²) < 4.78 is 109. The highest BCUT2D eigenvalue weighted by molar-refractivity contribution is 14.1. The van der Waals surface area contributed by atoms with E-state index in [0.717, 1.165) is 0 Å². The molecule has 2 rings (SSSR count). The van der Waals surface area contributed by atoms with Gasteiger partial charge in [-0.25, -0.2) is 9.82 Å². The van der Waals surface area contributed by atoms with Crippen molar-refractivity contribution in [3.63, 3.8) is 0 Å². The second-order valence-corrected chi connectivity index (χ2v) is 8.11. The highest BCUT2D eigenvalue weighted by Gasteiger charge is 2.73. The van der Waals surface area contributed by atoms with Gasteiger partial charge in [0.2, 0.25) is 0 Å². The molecule has 0 unspecified atom stereocenters. The number of hydrazone groups is 1. The number of hydrogen-bond donors (Lipinski definition) is 1. The number of halogens is 10. The number of ether oxygens (including phenoxy) is 1. The summed E-state index contributed by atoms with van der Waals surface area (Å²) in [6, 6.07) is 2.98. The Morgan fingerprint density at radius 2 is 1.63 bits per heavy atom. The molecule has 0 radical (unpaired) electrons. The monoisotopic (exact) mass is 664 g/mol. The van der Waals surface area contributed by atoms with Gasteiger partial charge < -0.3 is 4.74 Å². The van der Waals surface area contributed by atoms with Crippen LogP contribution in [0, 0.1) is 13.0 Å². The van der Waals surface area contributed by atoms with E-state index in [9.17, 15) is 35.1 Å². The van der Waals surface area contributed by atoms with Gasteiger partial charge in [0.05, 0.1) is 9.78 Å². The lowest BCUT2D eigenvalue weighted by atomic mass is 10.2. The first kappa shape index (κ1) is 24.9. The van der Waals surface area contributed by atoms with Crippen LogP contribution in [0.25, 0.3) is 0 Å². The number of benzene rings is 2. The van der Waals surface area contributed by atoms with Crippen LogP contribution in [0.1, 0.15) is 11.1 Å². The Morgan fingerprint density at radius 3 is 2.23 bits per heavy atom. The lowest BCUT2D eigenvalue weighted by molar-refractivity contribution is -0.361. The van der Waals surface area contributed by atoms with Gasteiger partial charge in [-0.15, -0.1) is 0 Å². The van der Waals surface area contributed by atoms with Crippen LogP contribution in [0.3, 0.4) is 0 Å². The van der Waals surface area contributed by atoms with Crippen molar-refractivity contribution in [3.8, 4) is 5.75 Å². The minimum Gasteiger partial charge on any atom is -0.487 e. The maximum Gasteiger partial charge on any atom is 0.462 e. The van der Waals surface area contributed by atoms with E-state index in [1.165, 1.54) is 24.3 Å². The Kier molecular flexibility index (Phi) is 7.79. The van der Waals surface area contributed by atoms with Crippen LogP contribution in [0.4, 0.5) is 35.1 Å². The van der Waals surface area contributed by atoms with E-state index in [4.69, 9.17) is 4.74 Å². The minimum absolute atomic E-state index is 0.00117. The van der Waals surface area contributed by atoms with Gasteiger partial charge in [-0.05, 0) is 63.4 Å². The third-order valence-corrected chi connectivity index (χ3v) is 4.95. The van der Waals surface area contributed by atoms with Crippen molar-refractivity contribution in [1.29, 1.82) is 0 Å². The van der Waals surface area contributed by atoms with Crippen molar-refractivity contribution in [1.82, 2.24) is 5.43 Å². The van der Waals surface area contributed by atoms with Crippen molar-refractivity contribution in [2.24, 2.45) is 5.10 Å². The van der Waals surface area contributed by atoms with Crippen molar-refractivity contribution in [2.45, 2.75) is 24.8 Å². The summed E-state index contributed by atoms with van der Waals surface area (Å²) in [5.74, 6) is -6.85. The standard InChI is InChI=1S/C17H10F8I2N2O/c18-12-4-2-1-3-9(12)8-30-14-10(5-11(26)6-13(14)27)7-28-29-17(24,25)15(19,20)16(21,22)23/h1-7,29H,8H2/b28-7-. The molecule has 0 saturated heterocycles. The molecule has 0 aromatic heterocycles. The Balaban J connectivity index is 2.26. The highest BCUT2D eigenvalue weighted by atomic mass is 127. The van der Waals surface area contributed by atoms with Crippen LogP contribution in [-0.4, -0.2) is 24.4 Å². The van der Waals surface area contributed by atoms with Crippen LogP contribution < -0.4 is 10.2 Å². The second-order valence-electron chi connectivity index (χ2n) is 5.70. The molecule has 0 aliphatic rings. The largest absolute Gasteiger partial charge is 0.487 e. The zero-order valence-corrected chi connectivity index (χ0v) is 18.7.